The predicted octanol–water partition coefficient (Wildman–Crippen LogP) is 4.59. The molecule has 0 spiro atoms. The van der Waals surface area contributed by atoms with Crippen LogP contribution in [0, 0.1) is 5.92 Å². The fourth-order valence-corrected chi connectivity index (χ4v) is 5.94. The Hall–Kier alpha value is -3.79. The molecule has 1 aliphatic carbocycles. The normalized spacial score (nSPS) is 16.6. The van der Waals surface area contributed by atoms with Gasteiger partial charge in [-0.3, -0.25) is 9.59 Å². The molecule has 0 bridgehead atoms. The first-order valence-electron chi connectivity index (χ1n) is 15.0. The molecule has 1 fully saturated rings. The molecule has 4 rings (SSSR count). The van der Waals surface area contributed by atoms with Crippen LogP contribution in [0.3, 0.4) is 0 Å². The number of rotatable bonds is 11. The summed E-state index contributed by atoms with van der Waals surface area (Å²) in [6, 6.07) is 12.1. The molecular formula is C32H41ClN4O6. The van der Waals surface area contributed by atoms with Crippen molar-refractivity contribution in [3.8, 4) is 5.75 Å². The molecule has 2 aliphatic rings. The third-order valence-electron chi connectivity index (χ3n) is 8.13. The average Bonchev–Trinajstić information content (AvgIpc) is 3.22. The van der Waals surface area contributed by atoms with Crippen molar-refractivity contribution in [3.63, 3.8) is 0 Å². The number of carboxylic acid groups (broad SMARTS) is 1. The van der Waals surface area contributed by atoms with Crippen molar-refractivity contribution < 1.29 is 29.0 Å². The first-order chi connectivity index (χ1) is 20.7. The van der Waals surface area contributed by atoms with Gasteiger partial charge in [-0.05, 0) is 42.5 Å². The molecule has 0 aromatic heterocycles. The summed E-state index contributed by atoms with van der Waals surface area (Å²) in [5.41, 5.74) is 1.73. The number of carbonyl (C=O) groups excluding carboxylic acids is 3. The Kier molecular flexibility index (Phi) is 11.7. The van der Waals surface area contributed by atoms with E-state index in [0.29, 0.717) is 31.1 Å². The molecule has 0 unspecified atom stereocenters. The van der Waals surface area contributed by atoms with Gasteiger partial charge in [-0.15, -0.1) is 0 Å². The number of amides is 4. The second kappa shape index (κ2) is 15.6. The summed E-state index contributed by atoms with van der Waals surface area (Å²) >= 11 is 6.08. The van der Waals surface area contributed by atoms with Crippen molar-refractivity contribution in [2.24, 2.45) is 5.92 Å². The molecule has 2 aromatic carbocycles. The summed E-state index contributed by atoms with van der Waals surface area (Å²) in [6.45, 7) is 1.39. The molecular weight excluding hydrogens is 572 g/mol. The van der Waals surface area contributed by atoms with Crippen molar-refractivity contribution in [1.82, 2.24) is 20.4 Å². The highest BCUT2D eigenvalue weighted by Crippen LogP contribution is 2.28. The number of ether oxygens (including phenoxy) is 1. The largest absolute Gasteiger partial charge is 0.491 e. The number of halogens is 1. The number of aliphatic carboxylic acids is 1. The van der Waals surface area contributed by atoms with E-state index in [4.69, 9.17) is 16.3 Å². The monoisotopic (exact) mass is 612 g/mol. The van der Waals surface area contributed by atoms with E-state index < -0.39 is 30.0 Å². The standard InChI is InChI=1S/C32H41ClN4O6/c1-36(20-23-10-7-12-25(33)18-23)32(42)35-27(19-22-8-3-2-4-9-22)30(39)34-26(31(40)41)14-15-29(38)37-16-17-43-28-13-6-5-11-24(28)21-37/h5-7,10-13,18,22,26-27H,2-4,8-9,14-17,19-21H2,1H3,(H,34,39)(H,35,42)(H,40,41)/t26-,27-/m0/s1. The highest BCUT2D eigenvalue weighted by Gasteiger charge is 2.31. The minimum Gasteiger partial charge on any atom is -0.491 e. The van der Waals surface area contributed by atoms with Gasteiger partial charge in [0.2, 0.25) is 11.8 Å². The van der Waals surface area contributed by atoms with Crippen LogP contribution in [-0.2, 0) is 27.5 Å². The molecule has 1 heterocycles. The number of carboxylic acids is 1. The summed E-state index contributed by atoms with van der Waals surface area (Å²) in [4.78, 5) is 54.9. The van der Waals surface area contributed by atoms with Gasteiger partial charge < -0.3 is 30.3 Å². The van der Waals surface area contributed by atoms with Crippen LogP contribution >= 0.6 is 11.6 Å². The molecule has 4 amide bonds. The number of hydrogen-bond donors (Lipinski definition) is 3. The van der Waals surface area contributed by atoms with Gasteiger partial charge in [0.1, 0.15) is 24.4 Å². The van der Waals surface area contributed by atoms with Crippen molar-refractivity contribution in [1.29, 1.82) is 0 Å². The molecule has 0 radical (unpaired) electrons. The van der Waals surface area contributed by atoms with E-state index in [0.717, 1.165) is 49.0 Å². The van der Waals surface area contributed by atoms with Gasteiger partial charge in [-0.2, -0.15) is 0 Å². The lowest BCUT2D eigenvalue weighted by Crippen LogP contribution is -2.54. The Morgan fingerprint density at radius 2 is 1.81 bits per heavy atom. The van der Waals surface area contributed by atoms with E-state index in [-0.39, 0.29) is 31.2 Å². The van der Waals surface area contributed by atoms with Gasteiger partial charge in [-0.1, -0.05) is 74.0 Å². The van der Waals surface area contributed by atoms with E-state index in [9.17, 15) is 24.3 Å². The van der Waals surface area contributed by atoms with Crippen LogP contribution in [0.5, 0.6) is 5.75 Å². The summed E-state index contributed by atoms with van der Waals surface area (Å²) in [5, 5.41) is 15.9. The average molecular weight is 613 g/mol. The number of urea groups is 1. The fraction of sp³-hybridized carbons (Fsp3) is 0.500. The molecule has 232 valence electrons. The lowest BCUT2D eigenvalue weighted by atomic mass is 9.84. The number of para-hydroxylation sites is 1. The summed E-state index contributed by atoms with van der Waals surface area (Å²) in [7, 11) is 1.63. The zero-order valence-electron chi connectivity index (χ0n) is 24.6. The number of hydrogen-bond acceptors (Lipinski definition) is 5. The molecule has 1 aliphatic heterocycles. The van der Waals surface area contributed by atoms with E-state index >= 15 is 0 Å². The van der Waals surface area contributed by atoms with Crippen LogP contribution < -0.4 is 15.4 Å². The Morgan fingerprint density at radius 1 is 1.05 bits per heavy atom. The number of nitrogens with zero attached hydrogens (tertiary/aromatic N) is 2. The van der Waals surface area contributed by atoms with Gasteiger partial charge in [0.15, 0.2) is 0 Å². The van der Waals surface area contributed by atoms with Gasteiger partial charge in [-0.25, -0.2) is 9.59 Å². The third kappa shape index (κ3) is 9.61. The number of nitrogens with one attached hydrogen (secondary N) is 2. The van der Waals surface area contributed by atoms with Gasteiger partial charge in [0, 0.05) is 37.1 Å². The third-order valence-corrected chi connectivity index (χ3v) is 8.37. The van der Waals surface area contributed by atoms with Gasteiger partial charge >= 0.3 is 12.0 Å². The lowest BCUT2D eigenvalue weighted by Gasteiger charge is -2.29. The van der Waals surface area contributed by atoms with E-state index in [2.05, 4.69) is 10.6 Å². The number of fused-ring (bicyclic) bond motifs is 1. The zero-order chi connectivity index (χ0) is 30.8. The SMILES string of the molecule is CN(Cc1cccc(Cl)c1)C(=O)N[C@@H](CC1CCCCC1)C(=O)N[C@@H](CCC(=O)N1CCOc2ccccc2C1)C(=O)O. The molecule has 0 saturated heterocycles. The quantitative estimate of drug-likeness (QED) is 0.340. The van der Waals surface area contributed by atoms with Crippen LogP contribution in [0.2, 0.25) is 5.02 Å². The first kappa shape index (κ1) is 32.1. The number of carbonyl (C=O) groups is 4. The Morgan fingerprint density at radius 3 is 2.56 bits per heavy atom. The van der Waals surface area contributed by atoms with Crippen molar-refractivity contribution >= 4 is 35.4 Å². The predicted molar refractivity (Wildman–Crippen MR) is 163 cm³/mol. The summed E-state index contributed by atoms with van der Waals surface area (Å²) < 4.78 is 5.73. The van der Waals surface area contributed by atoms with Crippen LogP contribution in [-0.4, -0.2) is 71.0 Å². The second-order valence-electron chi connectivity index (χ2n) is 11.4. The molecule has 3 N–H and O–H groups in total. The molecule has 43 heavy (non-hydrogen) atoms. The fourth-order valence-electron chi connectivity index (χ4n) is 5.72. The lowest BCUT2D eigenvalue weighted by molar-refractivity contribution is -0.142. The van der Waals surface area contributed by atoms with Gasteiger partial charge in [0.25, 0.3) is 0 Å². The molecule has 11 heteroatoms. The minimum absolute atomic E-state index is 0.0541. The topological polar surface area (TPSA) is 128 Å². The van der Waals surface area contributed by atoms with E-state index in [1.165, 1.54) is 4.90 Å². The Bertz CT molecular complexity index is 1280. The van der Waals surface area contributed by atoms with Crippen molar-refractivity contribution in [2.45, 2.75) is 76.5 Å². The second-order valence-corrected chi connectivity index (χ2v) is 11.9. The highest BCUT2D eigenvalue weighted by molar-refractivity contribution is 6.30. The summed E-state index contributed by atoms with van der Waals surface area (Å²) in [6.07, 6.45) is 5.47. The maximum Gasteiger partial charge on any atom is 0.326 e. The minimum atomic E-state index is -1.28. The van der Waals surface area contributed by atoms with Gasteiger partial charge in [0.05, 0.1) is 6.54 Å². The molecule has 10 nitrogen and oxygen atoms in total. The van der Waals surface area contributed by atoms with Crippen LogP contribution in [0.1, 0.15) is 62.5 Å². The number of benzene rings is 2. The Labute approximate surface area is 257 Å². The maximum atomic E-state index is 13.5. The first-order valence-corrected chi connectivity index (χ1v) is 15.3. The van der Waals surface area contributed by atoms with Crippen LogP contribution in [0.25, 0.3) is 0 Å². The smallest absolute Gasteiger partial charge is 0.326 e. The molecule has 2 aromatic rings. The van der Waals surface area contributed by atoms with Crippen LogP contribution in [0.15, 0.2) is 48.5 Å². The molecule has 2 atom stereocenters. The maximum absolute atomic E-state index is 13.5. The Balaban J connectivity index is 1.37. The molecule has 1 saturated carbocycles. The zero-order valence-corrected chi connectivity index (χ0v) is 25.4. The van der Waals surface area contributed by atoms with E-state index in [1.54, 1.807) is 30.1 Å². The van der Waals surface area contributed by atoms with Crippen LogP contribution in [0.4, 0.5) is 4.79 Å². The summed E-state index contributed by atoms with van der Waals surface area (Å²) in [5.74, 6) is -1.02. The highest BCUT2D eigenvalue weighted by atomic mass is 35.5. The van der Waals surface area contributed by atoms with Crippen molar-refractivity contribution in [3.05, 3.63) is 64.7 Å². The van der Waals surface area contributed by atoms with Crippen molar-refractivity contribution in [2.75, 3.05) is 20.2 Å². The van der Waals surface area contributed by atoms with E-state index in [1.807, 2.05) is 30.3 Å².